The minimum absolute atomic E-state index is 0.155. The second-order valence-electron chi connectivity index (χ2n) is 6.29. The molecule has 1 aliphatic rings. The second-order valence-corrected chi connectivity index (χ2v) is 8.62. The molecule has 0 bridgehead atoms. The lowest BCUT2D eigenvalue weighted by atomic mass is 10.2. The number of benzene rings is 1. The van der Waals surface area contributed by atoms with Crippen molar-refractivity contribution in [3.05, 3.63) is 29.3 Å². The van der Waals surface area contributed by atoms with Gasteiger partial charge in [0.15, 0.2) is 0 Å². The van der Waals surface area contributed by atoms with Gasteiger partial charge in [-0.3, -0.25) is 4.79 Å². The highest BCUT2D eigenvalue weighted by Crippen LogP contribution is 2.27. The van der Waals surface area contributed by atoms with E-state index in [0.717, 1.165) is 0 Å². The highest BCUT2D eigenvalue weighted by atomic mass is 35.5. The number of nitrogens with zero attached hydrogens (tertiary/aromatic N) is 1. The Bertz CT molecular complexity index is 676. The van der Waals surface area contributed by atoms with E-state index in [0.29, 0.717) is 44.0 Å². The largest absolute Gasteiger partial charge is 0.379 e. The van der Waals surface area contributed by atoms with Gasteiger partial charge in [-0.1, -0.05) is 11.6 Å². The summed E-state index contributed by atoms with van der Waals surface area (Å²) in [4.78, 5) is 12.6. The monoisotopic (exact) mass is 388 g/mol. The van der Waals surface area contributed by atoms with Gasteiger partial charge in [0.25, 0.3) is 0 Å². The Labute approximate surface area is 154 Å². The van der Waals surface area contributed by atoms with Crippen molar-refractivity contribution in [2.45, 2.75) is 50.2 Å². The maximum atomic E-state index is 12.8. The van der Waals surface area contributed by atoms with Gasteiger partial charge >= 0.3 is 0 Å². The number of hydrogen-bond acceptors (Lipinski definition) is 4. The highest BCUT2D eigenvalue weighted by Gasteiger charge is 2.39. The Kier molecular flexibility index (Phi) is 7.25. The molecule has 6 nitrogen and oxygen atoms in total. The third-order valence-corrected chi connectivity index (χ3v) is 6.17. The van der Waals surface area contributed by atoms with Crippen LogP contribution < -0.4 is 5.32 Å². The molecule has 1 heterocycles. The lowest BCUT2D eigenvalue weighted by Crippen LogP contribution is -2.46. The van der Waals surface area contributed by atoms with Crippen LogP contribution in [0.15, 0.2) is 29.2 Å². The predicted octanol–water partition coefficient (Wildman–Crippen LogP) is 2.42. The van der Waals surface area contributed by atoms with E-state index < -0.39 is 16.1 Å². The fraction of sp³-hybridized carbons (Fsp3) is 0.588. The zero-order chi connectivity index (χ0) is 18.4. The van der Waals surface area contributed by atoms with Gasteiger partial charge in [-0.25, -0.2) is 8.42 Å². The summed E-state index contributed by atoms with van der Waals surface area (Å²) in [5, 5.41) is 3.29. The van der Waals surface area contributed by atoms with Gasteiger partial charge in [0.2, 0.25) is 15.9 Å². The first-order chi connectivity index (χ1) is 11.8. The van der Waals surface area contributed by atoms with Crippen molar-refractivity contribution in [3.8, 4) is 0 Å². The summed E-state index contributed by atoms with van der Waals surface area (Å²) in [7, 11) is -3.71. The summed E-state index contributed by atoms with van der Waals surface area (Å²) in [5.41, 5.74) is 0. The van der Waals surface area contributed by atoms with Gasteiger partial charge in [-0.2, -0.15) is 4.31 Å². The first kappa shape index (κ1) is 20.2. The summed E-state index contributed by atoms with van der Waals surface area (Å²) in [6.45, 7) is 5.29. The molecule has 25 heavy (non-hydrogen) atoms. The van der Waals surface area contributed by atoms with Crippen molar-refractivity contribution in [2.24, 2.45) is 0 Å². The van der Waals surface area contributed by atoms with Crippen molar-refractivity contribution >= 4 is 27.5 Å². The number of amides is 1. The van der Waals surface area contributed by atoms with E-state index in [4.69, 9.17) is 16.3 Å². The van der Waals surface area contributed by atoms with Crippen LogP contribution >= 0.6 is 11.6 Å². The molecular formula is C17H25ClN2O4S. The lowest BCUT2D eigenvalue weighted by molar-refractivity contribution is -0.124. The normalized spacial score (nSPS) is 18.6. The van der Waals surface area contributed by atoms with Gasteiger partial charge in [0, 0.05) is 24.7 Å². The second kappa shape index (κ2) is 8.98. The molecule has 8 heteroatoms. The number of sulfonamides is 1. The quantitative estimate of drug-likeness (QED) is 0.694. The molecule has 1 aromatic carbocycles. The topological polar surface area (TPSA) is 75.7 Å². The summed E-state index contributed by atoms with van der Waals surface area (Å²) in [6.07, 6.45) is 2.05. The molecule has 2 rings (SSSR count). The summed E-state index contributed by atoms with van der Waals surface area (Å²) < 4.78 is 32.3. The number of hydrogen-bond donors (Lipinski definition) is 1. The number of rotatable bonds is 8. The number of carbonyl (C=O) groups is 1. The molecule has 1 fully saturated rings. The molecule has 0 radical (unpaired) electrons. The van der Waals surface area contributed by atoms with Crippen LogP contribution in [0, 0.1) is 0 Å². The highest BCUT2D eigenvalue weighted by molar-refractivity contribution is 7.89. The standard InChI is InChI=1S/C17H25ClN2O4S/c1-13(2)24-12-4-10-19-17(21)16-5-3-11-20(16)25(22,23)15-8-6-14(18)7-9-15/h6-9,13,16H,3-5,10-12H2,1-2H3,(H,19,21)/t16-/m1/s1. The van der Waals surface area contributed by atoms with Crippen LogP contribution in [-0.2, 0) is 19.6 Å². The molecule has 0 spiro atoms. The van der Waals surface area contributed by atoms with Crippen LogP contribution in [0.3, 0.4) is 0 Å². The van der Waals surface area contributed by atoms with Crippen molar-refractivity contribution in [3.63, 3.8) is 0 Å². The predicted molar refractivity (Wildman–Crippen MR) is 97.1 cm³/mol. The number of ether oxygens (including phenoxy) is 1. The third-order valence-electron chi connectivity index (χ3n) is 4.00. The molecule has 1 aliphatic heterocycles. The molecule has 0 unspecified atom stereocenters. The summed E-state index contributed by atoms with van der Waals surface area (Å²) >= 11 is 5.82. The summed E-state index contributed by atoms with van der Waals surface area (Å²) in [5.74, 6) is -0.250. The zero-order valence-electron chi connectivity index (χ0n) is 14.6. The Balaban J connectivity index is 1.96. The van der Waals surface area contributed by atoms with Crippen molar-refractivity contribution in [2.75, 3.05) is 19.7 Å². The number of nitrogens with one attached hydrogen (secondary N) is 1. The molecule has 0 aromatic heterocycles. The third kappa shape index (κ3) is 5.41. The van der Waals surface area contributed by atoms with Crippen molar-refractivity contribution in [1.82, 2.24) is 9.62 Å². The van der Waals surface area contributed by atoms with E-state index in [2.05, 4.69) is 5.32 Å². The van der Waals surface area contributed by atoms with Crippen LogP contribution in [-0.4, -0.2) is 50.5 Å². The minimum atomic E-state index is -3.71. The zero-order valence-corrected chi connectivity index (χ0v) is 16.1. The van der Waals surface area contributed by atoms with E-state index in [9.17, 15) is 13.2 Å². The molecule has 1 aromatic rings. The fourth-order valence-electron chi connectivity index (χ4n) is 2.75. The molecule has 1 saturated heterocycles. The molecule has 0 aliphatic carbocycles. The van der Waals surface area contributed by atoms with Crippen LogP contribution in [0.25, 0.3) is 0 Å². The van der Waals surface area contributed by atoms with Gasteiger partial charge in [0.1, 0.15) is 6.04 Å². The van der Waals surface area contributed by atoms with Gasteiger partial charge < -0.3 is 10.1 Å². The molecule has 1 N–H and O–H groups in total. The molecule has 140 valence electrons. The van der Waals surface area contributed by atoms with E-state index in [-0.39, 0.29) is 16.9 Å². The number of halogens is 1. The smallest absolute Gasteiger partial charge is 0.243 e. The minimum Gasteiger partial charge on any atom is -0.379 e. The Morgan fingerprint density at radius 1 is 1.36 bits per heavy atom. The fourth-order valence-corrected chi connectivity index (χ4v) is 4.53. The van der Waals surface area contributed by atoms with Gasteiger partial charge in [-0.05, 0) is 57.4 Å². The maximum absolute atomic E-state index is 12.8. The lowest BCUT2D eigenvalue weighted by Gasteiger charge is -2.23. The van der Waals surface area contributed by atoms with E-state index in [1.165, 1.54) is 28.6 Å². The average molecular weight is 389 g/mol. The van der Waals surface area contributed by atoms with Crippen molar-refractivity contribution < 1.29 is 17.9 Å². The van der Waals surface area contributed by atoms with Crippen LogP contribution in [0.1, 0.15) is 33.1 Å². The maximum Gasteiger partial charge on any atom is 0.243 e. The molecular weight excluding hydrogens is 364 g/mol. The first-order valence-electron chi connectivity index (χ1n) is 8.49. The van der Waals surface area contributed by atoms with Gasteiger partial charge in [0.05, 0.1) is 11.0 Å². The van der Waals surface area contributed by atoms with Crippen LogP contribution in [0.2, 0.25) is 5.02 Å². The molecule has 0 saturated carbocycles. The summed E-state index contributed by atoms with van der Waals surface area (Å²) in [6, 6.07) is 5.34. The van der Waals surface area contributed by atoms with Crippen molar-refractivity contribution in [1.29, 1.82) is 0 Å². The first-order valence-corrected chi connectivity index (χ1v) is 10.3. The van der Waals surface area contributed by atoms with Crippen LogP contribution in [0.4, 0.5) is 0 Å². The Morgan fingerprint density at radius 3 is 2.68 bits per heavy atom. The Hall–Kier alpha value is -1.15. The number of carbonyl (C=O) groups excluding carboxylic acids is 1. The van der Waals surface area contributed by atoms with Crippen LogP contribution in [0.5, 0.6) is 0 Å². The average Bonchev–Trinajstić information content (AvgIpc) is 3.05. The molecule has 1 atom stereocenters. The SMILES string of the molecule is CC(C)OCCCNC(=O)[C@H]1CCCN1S(=O)(=O)c1ccc(Cl)cc1. The Morgan fingerprint density at radius 2 is 2.04 bits per heavy atom. The molecule has 1 amide bonds. The van der Waals surface area contributed by atoms with Gasteiger partial charge in [-0.15, -0.1) is 0 Å². The van der Waals surface area contributed by atoms with E-state index in [1.54, 1.807) is 0 Å². The van der Waals surface area contributed by atoms with E-state index >= 15 is 0 Å². The van der Waals surface area contributed by atoms with E-state index in [1.807, 2.05) is 13.8 Å².